The number of hydrogen-bond acceptors (Lipinski definition) is 5. The van der Waals surface area contributed by atoms with Crippen LogP contribution in [0.15, 0.2) is 10.7 Å². The van der Waals surface area contributed by atoms with Gasteiger partial charge in [0.2, 0.25) is 0 Å². The largest absolute Gasteiger partial charge is 0.432 e. The highest BCUT2D eigenvalue weighted by molar-refractivity contribution is 5.25. The molecule has 1 fully saturated rings. The molecule has 0 saturated carbocycles. The average molecular weight is 267 g/mol. The van der Waals surface area contributed by atoms with Crippen LogP contribution in [0.2, 0.25) is 0 Å². The molecule has 1 N–H and O–H groups in total. The molecule has 2 heterocycles. The van der Waals surface area contributed by atoms with Crippen molar-refractivity contribution in [1.29, 1.82) is 0 Å². The molecule has 5 nitrogen and oxygen atoms in total. The van der Waals surface area contributed by atoms with Gasteiger partial charge in [-0.1, -0.05) is 6.92 Å². The first-order valence-corrected chi connectivity index (χ1v) is 7.23. The van der Waals surface area contributed by atoms with Crippen molar-refractivity contribution in [2.24, 2.45) is 5.92 Å². The molecule has 0 aliphatic carbocycles. The lowest BCUT2D eigenvalue weighted by molar-refractivity contribution is 0.0573. The molecular weight excluding hydrogens is 242 g/mol. The van der Waals surface area contributed by atoms with Gasteiger partial charge < -0.3 is 19.4 Å². The van der Waals surface area contributed by atoms with Gasteiger partial charge in [0, 0.05) is 32.7 Å². The third-order valence-corrected chi connectivity index (χ3v) is 3.39. The molecule has 1 aliphatic heterocycles. The van der Waals surface area contributed by atoms with E-state index in [1.807, 2.05) is 7.05 Å². The monoisotopic (exact) mass is 267 g/mol. The number of nitrogens with zero attached hydrogens (tertiary/aromatic N) is 2. The molecule has 1 atom stereocenters. The van der Waals surface area contributed by atoms with Gasteiger partial charge in [-0.15, -0.1) is 0 Å². The summed E-state index contributed by atoms with van der Waals surface area (Å²) in [6.45, 7) is 6.65. The lowest BCUT2D eigenvalue weighted by atomic mass is 10.0. The molecule has 0 spiro atoms. The van der Waals surface area contributed by atoms with Crippen LogP contribution in [0.3, 0.4) is 0 Å². The van der Waals surface area contributed by atoms with Gasteiger partial charge in [0.1, 0.15) is 6.26 Å². The van der Waals surface area contributed by atoms with Crippen LogP contribution in [0.1, 0.15) is 31.9 Å². The molecule has 19 heavy (non-hydrogen) atoms. The molecule has 1 saturated heterocycles. The fourth-order valence-electron chi connectivity index (χ4n) is 2.36. The second-order valence-electron chi connectivity index (χ2n) is 5.26. The lowest BCUT2D eigenvalue weighted by Gasteiger charge is -2.26. The van der Waals surface area contributed by atoms with Gasteiger partial charge in [-0.2, -0.15) is 4.98 Å². The number of hydrogen-bond donors (Lipinski definition) is 1. The summed E-state index contributed by atoms with van der Waals surface area (Å²) in [4.78, 5) is 6.59. The highest BCUT2D eigenvalue weighted by Crippen LogP contribution is 2.18. The highest BCUT2D eigenvalue weighted by Gasteiger charge is 2.18. The Kier molecular flexibility index (Phi) is 5.66. The molecular formula is C14H25N3O2. The molecule has 108 valence electrons. The van der Waals surface area contributed by atoms with Crippen molar-refractivity contribution < 1.29 is 9.15 Å². The third kappa shape index (κ3) is 4.51. The number of anilines is 1. The third-order valence-electron chi connectivity index (χ3n) is 3.39. The van der Waals surface area contributed by atoms with Crippen molar-refractivity contribution in [2.45, 2.75) is 32.7 Å². The summed E-state index contributed by atoms with van der Waals surface area (Å²) in [5, 5.41) is 3.32. The summed E-state index contributed by atoms with van der Waals surface area (Å²) >= 11 is 0. The van der Waals surface area contributed by atoms with E-state index >= 15 is 0 Å². The fourth-order valence-corrected chi connectivity index (χ4v) is 2.36. The normalized spacial score (nSPS) is 19.6. The average Bonchev–Trinajstić information content (AvgIpc) is 2.89. The highest BCUT2D eigenvalue weighted by atomic mass is 16.5. The predicted octanol–water partition coefficient (Wildman–Crippen LogP) is 2.04. The maximum Gasteiger partial charge on any atom is 0.297 e. The predicted molar refractivity (Wildman–Crippen MR) is 75.3 cm³/mol. The first-order chi connectivity index (χ1) is 9.29. The van der Waals surface area contributed by atoms with Crippen LogP contribution in [0.4, 0.5) is 6.01 Å². The quantitative estimate of drug-likeness (QED) is 0.766. The van der Waals surface area contributed by atoms with Crippen LogP contribution in [0.25, 0.3) is 0 Å². The van der Waals surface area contributed by atoms with E-state index in [2.05, 4.69) is 22.1 Å². The lowest BCUT2D eigenvalue weighted by Crippen LogP contribution is -2.31. The van der Waals surface area contributed by atoms with Crippen molar-refractivity contribution >= 4 is 6.01 Å². The van der Waals surface area contributed by atoms with Crippen LogP contribution in [0.5, 0.6) is 0 Å². The van der Waals surface area contributed by atoms with Crippen LogP contribution in [-0.4, -0.2) is 38.3 Å². The zero-order chi connectivity index (χ0) is 13.5. The molecule has 1 aromatic heterocycles. The zero-order valence-corrected chi connectivity index (χ0v) is 12.0. The maximum absolute atomic E-state index is 5.53. The molecule has 1 aliphatic rings. The van der Waals surface area contributed by atoms with Crippen molar-refractivity contribution in [3.63, 3.8) is 0 Å². The van der Waals surface area contributed by atoms with Crippen molar-refractivity contribution in [2.75, 3.05) is 38.3 Å². The SMILES string of the molecule is CCCNCc1coc(N(C)CC2CCCOC2)n1. The molecule has 0 amide bonds. The van der Waals surface area contributed by atoms with E-state index in [4.69, 9.17) is 9.15 Å². The molecule has 5 heteroatoms. The molecule has 1 aromatic rings. The van der Waals surface area contributed by atoms with Gasteiger partial charge in [-0.25, -0.2) is 0 Å². The molecule has 0 radical (unpaired) electrons. The number of nitrogens with one attached hydrogen (secondary N) is 1. The van der Waals surface area contributed by atoms with Gasteiger partial charge in [-0.3, -0.25) is 0 Å². The Morgan fingerprint density at radius 2 is 2.42 bits per heavy atom. The van der Waals surface area contributed by atoms with E-state index in [0.29, 0.717) is 11.9 Å². The molecule has 0 bridgehead atoms. The minimum absolute atomic E-state index is 0.590. The van der Waals surface area contributed by atoms with Crippen LogP contribution in [-0.2, 0) is 11.3 Å². The number of rotatable bonds is 7. The van der Waals surface area contributed by atoms with E-state index in [9.17, 15) is 0 Å². The zero-order valence-electron chi connectivity index (χ0n) is 12.0. The maximum atomic E-state index is 5.53. The Morgan fingerprint density at radius 3 is 3.16 bits per heavy atom. The van der Waals surface area contributed by atoms with E-state index < -0.39 is 0 Å². The Morgan fingerprint density at radius 1 is 1.53 bits per heavy atom. The Labute approximate surface area is 115 Å². The second-order valence-corrected chi connectivity index (χ2v) is 5.26. The van der Waals surface area contributed by atoms with Gasteiger partial charge in [0.25, 0.3) is 6.01 Å². The minimum atomic E-state index is 0.590. The first kappa shape index (κ1) is 14.3. The number of oxazole rings is 1. The van der Waals surface area contributed by atoms with Crippen LogP contribution in [0, 0.1) is 5.92 Å². The van der Waals surface area contributed by atoms with Crippen LogP contribution < -0.4 is 10.2 Å². The minimum Gasteiger partial charge on any atom is -0.432 e. The summed E-state index contributed by atoms with van der Waals surface area (Å²) in [6.07, 6.45) is 5.27. The Bertz CT molecular complexity index is 361. The topological polar surface area (TPSA) is 50.5 Å². The summed E-state index contributed by atoms with van der Waals surface area (Å²) in [7, 11) is 2.03. The molecule has 1 unspecified atom stereocenters. The number of aromatic nitrogens is 1. The van der Waals surface area contributed by atoms with Crippen molar-refractivity contribution in [1.82, 2.24) is 10.3 Å². The van der Waals surface area contributed by atoms with E-state index in [-0.39, 0.29) is 0 Å². The Balaban J connectivity index is 1.79. The van der Waals surface area contributed by atoms with Gasteiger partial charge in [-0.05, 0) is 25.8 Å². The number of ether oxygens (including phenoxy) is 1. The van der Waals surface area contributed by atoms with E-state index in [0.717, 1.165) is 51.4 Å². The summed E-state index contributed by atoms with van der Waals surface area (Å²) in [6, 6.07) is 0.707. The van der Waals surface area contributed by atoms with Crippen molar-refractivity contribution in [3.05, 3.63) is 12.0 Å². The van der Waals surface area contributed by atoms with E-state index in [1.54, 1.807) is 6.26 Å². The summed E-state index contributed by atoms with van der Waals surface area (Å²) in [5.74, 6) is 0.590. The molecule has 2 rings (SSSR count). The van der Waals surface area contributed by atoms with Gasteiger partial charge in [0.05, 0.1) is 12.3 Å². The van der Waals surface area contributed by atoms with Crippen molar-refractivity contribution in [3.8, 4) is 0 Å². The van der Waals surface area contributed by atoms with Gasteiger partial charge in [0.15, 0.2) is 0 Å². The van der Waals surface area contributed by atoms with Gasteiger partial charge >= 0.3 is 0 Å². The Hall–Kier alpha value is -1.07. The second kappa shape index (κ2) is 7.50. The van der Waals surface area contributed by atoms with Crippen LogP contribution >= 0.6 is 0 Å². The fraction of sp³-hybridized carbons (Fsp3) is 0.786. The standard InChI is InChI=1S/C14H25N3O2/c1-3-6-15-8-13-11-19-14(16-13)17(2)9-12-5-4-7-18-10-12/h11-12,15H,3-10H2,1-2H3. The summed E-state index contributed by atoms with van der Waals surface area (Å²) < 4.78 is 11.0. The smallest absolute Gasteiger partial charge is 0.297 e. The molecule has 0 aromatic carbocycles. The van der Waals surface area contributed by atoms with E-state index in [1.165, 1.54) is 6.42 Å². The summed E-state index contributed by atoms with van der Waals surface area (Å²) in [5.41, 5.74) is 0.968. The first-order valence-electron chi connectivity index (χ1n) is 7.23.